The minimum atomic E-state index is -0.437. The zero-order valence-electron chi connectivity index (χ0n) is 15.4. The highest BCUT2D eigenvalue weighted by molar-refractivity contribution is 6.32. The number of piperidine rings is 1. The molecule has 0 radical (unpaired) electrons. The number of nitrogens with one attached hydrogen (secondary N) is 1. The van der Waals surface area contributed by atoms with E-state index in [2.05, 4.69) is 5.32 Å². The van der Waals surface area contributed by atoms with Crippen molar-refractivity contribution in [3.05, 3.63) is 23.2 Å². The number of hydrogen-bond acceptors (Lipinski definition) is 3. The lowest BCUT2D eigenvalue weighted by Crippen LogP contribution is -2.47. The summed E-state index contributed by atoms with van der Waals surface area (Å²) in [5.41, 5.74) is 0.131. The molecule has 1 aromatic carbocycles. The molecule has 25 heavy (non-hydrogen) atoms. The number of benzene rings is 1. The molecular formula is C19H27ClN2O3. The molecule has 1 fully saturated rings. The molecule has 0 bridgehead atoms. The molecule has 1 atom stereocenters. The fourth-order valence-corrected chi connectivity index (χ4v) is 3.21. The van der Waals surface area contributed by atoms with Crippen molar-refractivity contribution < 1.29 is 14.3 Å². The molecule has 1 aromatic rings. The van der Waals surface area contributed by atoms with Crippen molar-refractivity contribution in [1.29, 1.82) is 0 Å². The van der Waals surface area contributed by atoms with E-state index < -0.39 is 5.41 Å². The molecule has 2 rings (SSSR count). The van der Waals surface area contributed by atoms with Crippen molar-refractivity contribution in [3.8, 4) is 5.75 Å². The fourth-order valence-electron chi connectivity index (χ4n) is 2.98. The van der Waals surface area contributed by atoms with E-state index in [0.29, 0.717) is 36.2 Å². The summed E-state index contributed by atoms with van der Waals surface area (Å²) in [6.45, 7) is 9.20. The molecule has 1 unspecified atom stereocenters. The first-order valence-corrected chi connectivity index (χ1v) is 9.13. The highest BCUT2D eigenvalue weighted by Crippen LogP contribution is 2.33. The lowest BCUT2D eigenvalue weighted by atomic mass is 9.91. The van der Waals surface area contributed by atoms with Gasteiger partial charge in [-0.15, -0.1) is 0 Å². The highest BCUT2D eigenvalue weighted by Gasteiger charge is 2.33. The number of hydrogen-bond donors (Lipinski definition) is 1. The molecule has 6 heteroatoms. The number of para-hydroxylation sites is 1. The Bertz CT molecular complexity index is 640. The summed E-state index contributed by atoms with van der Waals surface area (Å²) in [7, 11) is 0. The Morgan fingerprint density at radius 2 is 2.08 bits per heavy atom. The number of carbonyl (C=O) groups is 2. The molecule has 5 nitrogen and oxygen atoms in total. The van der Waals surface area contributed by atoms with Gasteiger partial charge in [0.1, 0.15) is 0 Å². The maximum Gasteiger partial charge on any atom is 0.229 e. The van der Waals surface area contributed by atoms with Crippen LogP contribution in [0.3, 0.4) is 0 Å². The molecule has 1 saturated heterocycles. The molecule has 1 heterocycles. The van der Waals surface area contributed by atoms with Gasteiger partial charge in [0.2, 0.25) is 11.8 Å². The van der Waals surface area contributed by atoms with Crippen LogP contribution in [0.2, 0.25) is 5.02 Å². The minimum absolute atomic E-state index is 0.0859. The Hall–Kier alpha value is -1.75. The first-order valence-electron chi connectivity index (χ1n) is 8.75. The van der Waals surface area contributed by atoms with E-state index in [1.54, 1.807) is 23.1 Å². The Morgan fingerprint density at radius 3 is 2.72 bits per heavy atom. The van der Waals surface area contributed by atoms with Crippen LogP contribution in [0.25, 0.3) is 0 Å². The number of anilines is 1. The van der Waals surface area contributed by atoms with Crippen molar-refractivity contribution in [1.82, 2.24) is 4.90 Å². The maximum atomic E-state index is 12.7. The van der Waals surface area contributed by atoms with E-state index in [1.807, 2.05) is 27.7 Å². The number of nitrogens with zero attached hydrogens (tertiary/aromatic N) is 1. The molecule has 1 N–H and O–H groups in total. The van der Waals surface area contributed by atoms with Crippen molar-refractivity contribution in [3.63, 3.8) is 0 Å². The van der Waals surface area contributed by atoms with E-state index in [9.17, 15) is 9.59 Å². The van der Waals surface area contributed by atoms with Gasteiger partial charge in [0, 0.05) is 18.5 Å². The predicted molar refractivity (Wildman–Crippen MR) is 100 cm³/mol. The van der Waals surface area contributed by atoms with Gasteiger partial charge in [0.15, 0.2) is 5.75 Å². The van der Waals surface area contributed by atoms with Gasteiger partial charge in [-0.2, -0.15) is 0 Å². The second-order valence-electron chi connectivity index (χ2n) is 7.38. The average molecular weight is 367 g/mol. The molecule has 0 spiro atoms. The van der Waals surface area contributed by atoms with Crippen LogP contribution < -0.4 is 10.1 Å². The SMILES string of the molecule is CCOc1c(Cl)cccc1NC(=O)C1CCCN(C(=O)C(C)(C)C)C1. The maximum absolute atomic E-state index is 12.7. The lowest BCUT2D eigenvalue weighted by molar-refractivity contribution is -0.142. The van der Waals surface area contributed by atoms with Crippen LogP contribution in [0.4, 0.5) is 5.69 Å². The smallest absolute Gasteiger partial charge is 0.229 e. The van der Waals surface area contributed by atoms with Gasteiger partial charge in [0.25, 0.3) is 0 Å². The number of amides is 2. The first kappa shape index (κ1) is 19.6. The third kappa shape index (κ3) is 4.88. The van der Waals surface area contributed by atoms with E-state index in [0.717, 1.165) is 12.8 Å². The quantitative estimate of drug-likeness (QED) is 0.877. The molecule has 1 aliphatic rings. The highest BCUT2D eigenvalue weighted by atomic mass is 35.5. The Balaban J connectivity index is 2.09. The Labute approximate surface area is 154 Å². The van der Waals surface area contributed by atoms with Gasteiger partial charge in [-0.05, 0) is 31.9 Å². The summed E-state index contributed by atoms with van der Waals surface area (Å²) in [5.74, 6) is 0.240. The van der Waals surface area contributed by atoms with Crippen molar-refractivity contribution in [2.24, 2.45) is 11.3 Å². The van der Waals surface area contributed by atoms with E-state index in [4.69, 9.17) is 16.3 Å². The molecule has 2 amide bonds. The number of ether oxygens (including phenoxy) is 1. The summed E-state index contributed by atoms with van der Waals surface area (Å²) in [5, 5.41) is 3.38. The first-order chi connectivity index (χ1) is 11.7. The lowest BCUT2D eigenvalue weighted by Gasteiger charge is -2.36. The number of halogens is 1. The van der Waals surface area contributed by atoms with E-state index in [-0.39, 0.29) is 17.7 Å². The second kappa shape index (κ2) is 8.09. The molecular weight excluding hydrogens is 340 g/mol. The Morgan fingerprint density at radius 1 is 1.36 bits per heavy atom. The monoisotopic (exact) mass is 366 g/mol. The third-order valence-corrected chi connectivity index (χ3v) is 4.53. The van der Waals surface area contributed by atoms with E-state index in [1.165, 1.54) is 0 Å². The van der Waals surface area contributed by atoms with Crippen LogP contribution in [0.5, 0.6) is 5.75 Å². The average Bonchev–Trinajstić information content (AvgIpc) is 2.56. The second-order valence-corrected chi connectivity index (χ2v) is 7.79. The van der Waals surface area contributed by atoms with Crippen LogP contribution >= 0.6 is 11.6 Å². The zero-order valence-corrected chi connectivity index (χ0v) is 16.2. The van der Waals surface area contributed by atoms with Gasteiger partial charge in [-0.3, -0.25) is 9.59 Å². The summed E-state index contributed by atoms with van der Waals surface area (Å²) in [4.78, 5) is 27.0. The molecule has 138 valence electrons. The fraction of sp³-hybridized carbons (Fsp3) is 0.579. The molecule has 0 aromatic heterocycles. The minimum Gasteiger partial charge on any atom is -0.490 e. The van der Waals surface area contributed by atoms with Crippen molar-refractivity contribution in [2.45, 2.75) is 40.5 Å². The van der Waals surface area contributed by atoms with Crippen molar-refractivity contribution >= 4 is 29.1 Å². The number of likely N-dealkylation sites (tertiary alicyclic amines) is 1. The van der Waals surface area contributed by atoms with Gasteiger partial charge in [-0.1, -0.05) is 38.4 Å². The number of rotatable bonds is 4. The molecule has 1 aliphatic heterocycles. The van der Waals surface area contributed by atoms with E-state index >= 15 is 0 Å². The molecule has 0 aliphatic carbocycles. The van der Waals surface area contributed by atoms with Crippen LogP contribution in [0, 0.1) is 11.3 Å². The van der Waals surface area contributed by atoms with Gasteiger partial charge >= 0.3 is 0 Å². The zero-order chi connectivity index (χ0) is 18.6. The summed E-state index contributed by atoms with van der Waals surface area (Å²) in [6, 6.07) is 5.28. The van der Waals surface area contributed by atoms with Crippen LogP contribution in [-0.4, -0.2) is 36.4 Å². The normalized spacial score (nSPS) is 18.0. The third-order valence-electron chi connectivity index (χ3n) is 4.23. The van der Waals surface area contributed by atoms with Gasteiger partial charge in [0.05, 0.1) is 23.2 Å². The Kier molecular flexibility index (Phi) is 6.33. The topological polar surface area (TPSA) is 58.6 Å². The molecule has 0 saturated carbocycles. The van der Waals surface area contributed by atoms with Crippen LogP contribution in [0.15, 0.2) is 18.2 Å². The summed E-state index contributed by atoms with van der Waals surface area (Å²) in [6.07, 6.45) is 1.60. The summed E-state index contributed by atoms with van der Waals surface area (Å²) >= 11 is 6.16. The van der Waals surface area contributed by atoms with Crippen LogP contribution in [-0.2, 0) is 9.59 Å². The summed E-state index contributed by atoms with van der Waals surface area (Å²) < 4.78 is 5.55. The standard InChI is InChI=1S/C19H27ClN2O3/c1-5-25-16-14(20)9-6-10-15(16)21-17(23)13-8-7-11-22(12-13)18(24)19(2,3)4/h6,9-10,13H,5,7-8,11-12H2,1-4H3,(H,21,23). The van der Waals surface area contributed by atoms with Gasteiger partial charge < -0.3 is 15.0 Å². The van der Waals surface area contributed by atoms with Crippen LogP contribution in [0.1, 0.15) is 40.5 Å². The van der Waals surface area contributed by atoms with Gasteiger partial charge in [-0.25, -0.2) is 0 Å². The van der Waals surface area contributed by atoms with Crippen molar-refractivity contribution in [2.75, 3.05) is 25.0 Å². The largest absolute Gasteiger partial charge is 0.490 e. The number of carbonyl (C=O) groups excluding carboxylic acids is 2. The predicted octanol–water partition coefficient (Wildman–Crippen LogP) is 3.96.